The number of carbonyl (C=O) groups is 1. The number of benzene rings is 2. The highest BCUT2D eigenvalue weighted by atomic mass is 35.5. The number of rotatable bonds is 4. The van der Waals surface area contributed by atoms with E-state index in [9.17, 15) is 17.6 Å². The maximum absolute atomic E-state index is 13.8. The van der Waals surface area contributed by atoms with Gasteiger partial charge in [-0.05, 0) is 42.5 Å². The molecule has 0 aliphatic carbocycles. The molecule has 1 unspecified atom stereocenters. The summed E-state index contributed by atoms with van der Waals surface area (Å²) in [5.74, 6) is -0.803. The molecule has 30 heavy (non-hydrogen) atoms. The van der Waals surface area contributed by atoms with Crippen LogP contribution in [0.1, 0.15) is 22.6 Å². The van der Waals surface area contributed by atoms with Crippen LogP contribution in [0.25, 0.3) is 11.3 Å². The van der Waals surface area contributed by atoms with Crippen molar-refractivity contribution in [3.8, 4) is 5.75 Å². The summed E-state index contributed by atoms with van der Waals surface area (Å²) in [6, 6.07) is 12.9. The highest BCUT2D eigenvalue weighted by Gasteiger charge is 2.32. The van der Waals surface area contributed by atoms with Crippen LogP contribution in [0.2, 0.25) is 5.15 Å². The molecule has 0 radical (unpaired) electrons. The Bertz CT molecular complexity index is 1270. The molecule has 0 amide bonds. The van der Waals surface area contributed by atoms with E-state index in [1.165, 1.54) is 48.7 Å². The van der Waals surface area contributed by atoms with Crippen LogP contribution in [0, 0.1) is 5.82 Å². The molecule has 0 saturated heterocycles. The van der Waals surface area contributed by atoms with Crippen molar-refractivity contribution in [1.29, 1.82) is 0 Å². The fourth-order valence-corrected chi connectivity index (χ4v) is 3.94. The molecule has 1 aliphatic heterocycles. The van der Waals surface area contributed by atoms with E-state index in [-0.39, 0.29) is 21.6 Å². The molecular weight excluding hydrogens is 431 g/mol. The van der Waals surface area contributed by atoms with Gasteiger partial charge in [-0.15, -0.1) is 0 Å². The number of hydrogen-bond acceptors (Lipinski definition) is 5. The predicted molar refractivity (Wildman–Crippen MR) is 110 cm³/mol. The van der Waals surface area contributed by atoms with Crippen molar-refractivity contribution in [3.63, 3.8) is 0 Å². The summed E-state index contributed by atoms with van der Waals surface area (Å²) in [5, 5.41) is 5.44. The molecule has 6 nitrogen and oxygen atoms in total. The molecule has 3 aromatic rings. The number of pyridine rings is 1. The third kappa shape index (κ3) is 3.72. The van der Waals surface area contributed by atoms with Crippen molar-refractivity contribution in [2.24, 2.45) is 5.14 Å². The van der Waals surface area contributed by atoms with Crippen LogP contribution in [-0.2, 0) is 14.8 Å². The van der Waals surface area contributed by atoms with Crippen molar-refractivity contribution in [2.75, 3.05) is 0 Å². The first-order valence-corrected chi connectivity index (χ1v) is 10.6. The second-order valence-corrected chi connectivity index (χ2v) is 8.53. The van der Waals surface area contributed by atoms with Gasteiger partial charge in [0.05, 0.1) is 10.8 Å². The van der Waals surface area contributed by atoms with Gasteiger partial charge in [-0.1, -0.05) is 17.7 Å². The number of sulfonamides is 1. The molecule has 1 atom stereocenters. The maximum atomic E-state index is 13.8. The number of primary sulfonamides is 1. The smallest absolute Gasteiger partial charge is 0.238 e. The van der Waals surface area contributed by atoms with Crippen LogP contribution < -0.4 is 9.88 Å². The first-order valence-electron chi connectivity index (χ1n) is 8.70. The van der Waals surface area contributed by atoms with Gasteiger partial charge in [0, 0.05) is 34.5 Å². The van der Waals surface area contributed by atoms with E-state index >= 15 is 0 Å². The zero-order valence-corrected chi connectivity index (χ0v) is 16.8. The second kappa shape index (κ2) is 7.64. The van der Waals surface area contributed by atoms with Gasteiger partial charge in [0.25, 0.3) is 0 Å². The first-order chi connectivity index (χ1) is 14.3. The summed E-state index contributed by atoms with van der Waals surface area (Å²) in [6.07, 6.45) is 2.24. The van der Waals surface area contributed by atoms with E-state index in [0.717, 1.165) is 6.29 Å². The lowest BCUT2D eigenvalue weighted by Crippen LogP contribution is -2.16. The number of aromatic nitrogens is 1. The molecule has 152 valence electrons. The number of ether oxygens (including phenoxy) is 1. The minimum Gasteiger partial charge on any atom is -0.456 e. The van der Waals surface area contributed by atoms with Crippen LogP contribution in [0.5, 0.6) is 5.75 Å². The Morgan fingerprint density at radius 3 is 2.37 bits per heavy atom. The molecule has 0 fully saturated rings. The van der Waals surface area contributed by atoms with E-state index < -0.39 is 21.8 Å². The Balaban J connectivity index is 1.95. The largest absolute Gasteiger partial charge is 0.456 e. The number of fused-ring (bicyclic) bond motifs is 1. The zero-order valence-electron chi connectivity index (χ0n) is 15.2. The van der Waals surface area contributed by atoms with Crippen molar-refractivity contribution >= 4 is 39.2 Å². The topological polar surface area (TPSA) is 99.4 Å². The van der Waals surface area contributed by atoms with Crippen LogP contribution >= 0.6 is 11.6 Å². The number of carbonyl (C=O) groups excluding carboxylic acids is 1. The standard InChI is InChI=1S/C21H14ClFN2O4S/c22-19-8-3-13(10-25-19)20-17(11-26)16-7-4-14(23)9-18(16)29-21(20)12-1-5-15(6-2-12)30(24,27)28/h1-11,17H,(H2,24,27,28). The lowest BCUT2D eigenvalue weighted by atomic mass is 9.84. The van der Waals surface area contributed by atoms with Crippen molar-refractivity contribution < 1.29 is 22.3 Å². The first kappa shape index (κ1) is 20.2. The van der Waals surface area contributed by atoms with Crippen LogP contribution in [0.4, 0.5) is 4.39 Å². The quantitative estimate of drug-likeness (QED) is 0.488. The second-order valence-electron chi connectivity index (χ2n) is 6.58. The minimum atomic E-state index is -3.88. The molecule has 2 heterocycles. The van der Waals surface area contributed by atoms with Gasteiger partial charge in [-0.2, -0.15) is 0 Å². The van der Waals surface area contributed by atoms with E-state index in [4.69, 9.17) is 21.5 Å². The lowest BCUT2D eigenvalue weighted by molar-refractivity contribution is -0.108. The Labute approximate surface area is 176 Å². The van der Waals surface area contributed by atoms with E-state index in [1.807, 2.05) is 0 Å². The summed E-state index contributed by atoms with van der Waals surface area (Å²) in [7, 11) is -3.88. The molecule has 0 spiro atoms. The third-order valence-corrected chi connectivity index (χ3v) is 5.85. The zero-order chi connectivity index (χ0) is 21.5. The van der Waals surface area contributed by atoms with E-state index in [2.05, 4.69) is 4.98 Å². The van der Waals surface area contributed by atoms with Crippen molar-refractivity contribution in [3.05, 3.63) is 88.5 Å². The fraction of sp³-hybridized carbons (Fsp3) is 0.0476. The molecule has 1 aromatic heterocycles. The highest BCUT2D eigenvalue weighted by Crippen LogP contribution is 2.46. The predicted octanol–water partition coefficient (Wildman–Crippen LogP) is 3.76. The van der Waals surface area contributed by atoms with Gasteiger partial charge >= 0.3 is 0 Å². The van der Waals surface area contributed by atoms with Crippen molar-refractivity contribution in [2.45, 2.75) is 10.8 Å². The van der Waals surface area contributed by atoms with E-state index in [1.54, 1.807) is 12.1 Å². The molecule has 0 bridgehead atoms. The van der Waals surface area contributed by atoms with Gasteiger partial charge in [0.15, 0.2) is 0 Å². The normalized spacial score (nSPS) is 16.0. The highest BCUT2D eigenvalue weighted by molar-refractivity contribution is 7.89. The molecule has 1 aliphatic rings. The summed E-state index contributed by atoms with van der Waals surface area (Å²) >= 11 is 5.89. The van der Waals surface area contributed by atoms with Crippen LogP contribution in [0.15, 0.2) is 65.7 Å². The minimum absolute atomic E-state index is 0.0734. The van der Waals surface area contributed by atoms with Gasteiger partial charge in [-0.3, -0.25) is 0 Å². The molecule has 9 heteroatoms. The number of aldehydes is 1. The maximum Gasteiger partial charge on any atom is 0.238 e. The third-order valence-electron chi connectivity index (χ3n) is 4.70. The fourth-order valence-electron chi connectivity index (χ4n) is 3.31. The average Bonchev–Trinajstić information content (AvgIpc) is 2.72. The monoisotopic (exact) mass is 444 g/mol. The van der Waals surface area contributed by atoms with Crippen LogP contribution in [-0.4, -0.2) is 19.7 Å². The lowest BCUT2D eigenvalue weighted by Gasteiger charge is -2.28. The number of nitrogens with two attached hydrogens (primary N) is 1. The Kier molecular flexibility index (Phi) is 5.15. The van der Waals surface area contributed by atoms with Crippen molar-refractivity contribution in [1.82, 2.24) is 4.98 Å². The summed E-state index contributed by atoms with van der Waals surface area (Å²) in [5.41, 5.74) is 2.06. The summed E-state index contributed by atoms with van der Waals surface area (Å²) in [6.45, 7) is 0. The number of nitrogens with zero attached hydrogens (tertiary/aromatic N) is 1. The number of allylic oxidation sites excluding steroid dienone is 1. The van der Waals surface area contributed by atoms with Gasteiger partial charge < -0.3 is 9.53 Å². The summed E-state index contributed by atoms with van der Waals surface area (Å²) < 4.78 is 42.9. The molecule has 2 N–H and O–H groups in total. The number of hydrogen-bond donors (Lipinski definition) is 1. The van der Waals surface area contributed by atoms with Gasteiger partial charge in [0.2, 0.25) is 10.0 Å². The van der Waals surface area contributed by atoms with Gasteiger partial charge in [-0.25, -0.2) is 22.9 Å². The molecule has 0 saturated carbocycles. The summed E-state index contributed by atoms with van der Waals surface area (Å²) in [4.78, 5) is 16.1. The Morgan fingerprint density at radius 1 is 1.07 bits per heavy atom. The Morgan fingerprint density at radius 2 is 1.77 bits per heavy atom. The average molecular weight is 445 g/mol. The van der Waals surface area contributed by atoms with Crippen LogP contribution in [0.3, 0.4) is 0 Å². The Hall–Kier alpha value is -3.07. The van der Waals surface area contributed by atoms with E-state index in [0.29, 0.717) is 22.3 Å². The SMILES string of the molecule is NS(=O)(=O)c1ccc(C2=C(c3ccc(Cl)nc3)C(C=O)c3ccc(F)cc3O2)cc1. The molecule has 2 aromatic carbocycles. The molecule has 4 rings (SSSR count). The van der Waals surface area contributed by atoms with Gasteiger partial charge in [0.1, 0.15) is 28.8 Å². The number of halogens is 2. The molecular formula is C21H14ClFN2O4S.